The van der Waals surface area contributed by atoms with Crippen molar-refractivity contribution in [2.45, 2.75) is 38.2 Å². The minimum Gasteiger partial charge on any atom is -0.460 e. The SMILES string of the molecule is CC(C)(C)OC(=O)CC(N)S(=O)(=O)O. The van der Waals surface area contributed by atoms with E-state index in [0.29, 0.717) is 0 Å². The highest BCUT2D eigenvalue weighted by Gasteiger charge is 2.25. The third-order valence-corrected chi connectivity index (χ3v) is 2.10. The summed E-state index contributed by atoms with van der Waals surface area (Å²) in [7, 11) is -4.38. The Morgan fingerprint density at radius 3 is 2.21 bits per heavy atom. The molecule has 0 spiro atoms. The lowest BCUT2D eigenvalue weighted by Crippen LogP contribution is -2.35. The van der Waals surface area contributed by atoms with Gasteiger partial charge in [-0.1, -0.05) is 0 Å². The summed E-state index contributed by atoms with van der Waals surface area (Å²) in [6.45, 7) is 4.93. The molecule has 0 aromatic carbocycles. The molecule has 0 aromatic rings. The van der Waals surface area contributed by atoms with Crippen molar-refractivity contribution in [2.24, 2.45) is 5.73 Å². The molecule has 1 atom stereocenters. The van der Waals surface area contributed by atoms with Gasteiger partial charge in [-0.3, -0.25) is 9.35 Å². The van der Waals surface area contributed by atoms with Crippen LogP contribution in [0.2, 0.25) is 0 Å². The van der Waals surface area contributed by atoms with E-state index in [-0.39, 0.29) is 0 Å². The molecule has 3 N–H and O–H groups in total. The van der Waals surface area contributed by atoms with Gasteiger partial charge >= 0.3 is 5.97 Å². The van der Waals surface area contributed by atoms with Gasteiger partial charge < -0.3 is 10.5 Å². The minimum absolute atomic E-state index is 0.559. The molecule has 6 nitrogen and oxygen atoms in total. The van der Waals surface area contributed by atoms with E-state index < -0.39 is 33.5 Å². The van der Waals surface area contributed by atoms with Crippen molar-refractivity contribution in [3.63, 3.8) is 0 Å². The average molecular weight is 225 g/mol. The Bertz CT molecular complexity index is 303. The van der Waals surface area contributed by atoms with Crippen molar-refractivity contribution in [3.8, 4) is 0 Å². The second-order valence-corrected chi connectivity index (χ2v) is 5.48. The molecule has 0 saturated heterocycles. The average Bonchev–Trinajstić information content (AvgIpc) is 1.79. The van der Waals surface area contributed by atoms with Crippen LogP contribution in [0, 0.1) is 0 Å². The Balaban J connectivity index is 4.23. The molecular weight excluding hydrogens is 210 g/mol. The first-order valence-electron chi connectivity index (χ1n) is 3.96. The molecule has 0 fully saturated rings. The first-order chi connectivity index (χ1) is 6.02. The van der Waals surface area contributed by atoms with E-state index >= 15 is 0 Å². The van der Waals surface area contributed by atoms with Crippen LogP contribution in [0.25, 0.3) is 0 Å². The Hall–Kier alpha value is -0.660. The number of ether oxygens (including phenoxy) is 1. The number of carbonyl (C=O) groups is 1. The Morgan fingerprint density at radius 2 is 1.93 bits per heavy atom. The third-order valence-electron chi connectivity index (χ3n) is 1.17. The molecule has 7 heteroatoms. The summed E-state index contributed by atoms with van der Waals surface area (Å²) < 4.78 is 34.2. The zero-order chi connectivity index (χ0) is 11.6. The molecule has 0 radical (unpaired) electrons. The lowest BCUT2D eigenvalue weighted by molar-refractivity contribution is -0.154. The van der Waals surface area contributed by atoms with Crippen molar-refractivity contribution < 1.29 is 22.5 Å². The predicted octanol–water partition coefficient (Wildman–Crippen LogP) is -0.109. The van der Waals surface area contributed by atoms with Crippen LogP contribution >= 0.6 is 0 Å². The molecule has 14 heavy (non-hydrogen) atoms. The van der Waals surface area contributed by atoms with Crippen LogP contribution in [0.1, 0.15) is 27.2 Å². The fraction of sp³-hybridized carbons (Fsp3) is 0.857. The lowest BCUT2D eigenvalue weighted by atomic mass is 10.2. The first kappa shape index (κ1) is 13.3. The molecule has 0 aliphatic heterocycles. The van der Waals surface area contributed by atoms with Gasteiger partial charge in [-0.15, -0.1) is 0 Å². The summed E-state index contributed by atoms with van der Waals surface area (Å²) in [6, 6.07) is 0. The first-order valence-corrected chi connectivity index (χ1v) is 5.46. The van der Waals surface area contributed by atoms with Crippen LogP contribution in [0.4, 0.5) is 0 Å². The van der Waals surface area contributed by atoms with Gasteiger partial charge in [0.15, 0.2) is 0 Å². The maximum atomic E-state index is 11.0. The highest BCUT2D eigenvalue weighted by Crippen LogP contribution is 2.09. The minimum atomic E-state index is -4.38. The lowest BCUT2D eigenvalue weighted by Gasteiger charge is -2.20. The van der Waals surface area contributed by atoms with E-state index in [1.54, 1.807) is 20.8 Å². The molecule has 0 saturated carbocycles. The van der Waals surface area contributed by atoms with Gasteiger partial charge in [-0.2, -0.15) is 8.42 Å². The predicted molar refractivity (Wildman–Crippen MR) is 50.0 cm³/mol. The number of rotatable bonds is 3. The summed E-state index contributed by atoms with van der Waals surface area (Å²) in [4.78, 5) is 11.0. The van der Waals surface area contributed by atoms with Crippen LogP contribution in [-0.4, -0.2) is 29.9 Å². The molecular formula is C7H15NO5S. The van der Waals surface area contributed by atoms with Gasteiger partial charge in [0.1, 0.15) is 11.0 Å². The van der Waals surface area contributed by atoms with Crippen LogP contribution in [0.15, 0.2) is 0 Å². The Morgan fingerprint density at radius 1 is 1.50 bits per heavy atom. The van der Waals surface area contributed by atoms with E-state index in [9.17, 15) is 13.2 Å². The fourth-order valence-electron chi connectivity index (χ4n) is 0.653. The molecule has 0 heterocycles. The number of nitrogens with two attached hydrogens (primary N) is 1. The van der Waals surface area contributed by atoms with Crippen LogP contribution in [0.3, 0.4) is 0 Å². The smallest absolute Gasteiger partial charge is 0.309 e. The highest BCUT2D eigenvalue weighted by molar-refractivity contribution is 7.86. The normalized spacial score (nSPS) is 14.9. The van der Waals surface area contributed by atoms with E-state index in [2.05, 4.69) is 0 Å². The summed E-state index contributed by atoms with van der Waals surface area (Å²) in [6.07, 6.45) is -0.559. The Labute approximate surface area is 83.2 Å². The monoisotopic (exact) mass is 225 g/mol. The molecule has 0 aliphatic rings. The highest BCUT2D eigenvalue weighted by atomic mass is 32.2. The summed E-state index contributed by atoms with van der Waals surface area (Å²) in [5.74, 6) is -0.761. The number of esters is 1. The van der Waals surface area contributed by atoms with E-state index in [4.69, 9.17) is 15.0 Å². The molecule has 0 aromatic heterocycles. The largest absolute Gasteiger partial charge is 0.460 e. The van der Waals surface area contributed by atoms with Gasteiger partial charge in [0.05, 0.1) is 6.42 Å². The van der Waals surface area contributed by atoms with Crippen LogP contribution in [-0.2, 0) is 19.6 Å². The van der Waals surface area contributed by atoms with E-state index in [0.717, 1.165) is 0 Å². The molecule has 0 aliphatic carbocycles. The Kier molecular flexibility index (Phi) is 4.04. The number of hydrogen-bond acceptors (Lipinski definition) is 5. The fourth-order valence-corrected chi connectivity index (χ4v) is 0.999. The molecule has 1 unspecified atom stereocenters. The summed E-state index contributed by atoms with van der Waals surface area (Å²) in [5.41, 5.74) is 4.33. The van der Waals surface area contributed by atoms with E-state index in [1.165, 1.54) is 0 Å². The van der Waals surface area contributed by atoms with Crippen molar-refractivity contribution in [1.29, 1.82) is 0 Å². The van der Waals surface area contributed by atoms with Gasteiger partial charge in [-0.25, -0.2) is 0 Å². The molecule has 84 valence electrons. The zero-order valence-electron chi connectivity index (χ0n) is 8.35. The van der Waals surface area contributed by atoms with Crippen molar-refractivity contribution in [2.75, 3.05) is 0 Å². The number of hydrogen-bond donors (Lipinski definition) is 2. The van der Waals surface area contributed by atoms with Crippen molar-refractivity contribution >= 4 is 16.1 Å². The van der Waals surface area contributed by atoms with Crippen LogP contribution in [0.5, 0.6) is 0 Å². The number of carbonyl (C=O) groups excluding carboxylic acids is 1. The van der Waals surface area contributed by atoms with Crippen LogP contribution < -0.4 is 5.73 Å². The third kappa shape index (κ3) is 5.90. The second kappa shape index (κ2) is 4.24. The maximum Gasteiger partial charge on any atom is 0.309 e. The van der Waals surface area contributed by atoms with E-state index in [1.807, 2.05) is 0 Å². The van der Waals surface area contributed by atoms with Gasteiger partial charge in [0, 0.05) is 0 Å². The summed E-state index contributed by atoms with van der Waals surface area (Å²) in [5, 5.41) is -1.63. The van der Waals surface area contributed by atoms with Gasteiger partial charge in [0.25, 0.3) is 10.1 Å². The molecule has 0 amide bonds. The molecule has 0 bridgehead atoms. The van der Waals surface area contributed by atoms with Gasteiger partial charge in [-0.05, 0) is 20.8 Å². The zero-order valence-corrected chi connectivity index (χ0v) is 9.17. The standard InChI is InChI=1S/C7H15NO5S/c1-7(2,3)13-6(9)4-5(8)14(10,11)12/h5H,4,8H2,1-3H3,(H,10,11,12). The molecule has 0 rings (SSSR count). The van der Waals surface area contributed by atoms with Gasteiger partial charge in [0.2, 0.25) is 0 Å². The summed E-state index contributed by atoms with van der Waals surface area (Å²) >= 11 is 0. The second-order valence-electron chi connectivity index (χ2n) is 3.84. The van der Waals surface area contributed by atoms with Crippen molar-refractivity contribution in [1.82, 2.24) is 0 Å². The van der Waals surface area contributed by atoms with Crippen molar-refractivity contribution in [3.05, 3.63) is 0 Å². The topological polar surface area (TPSA) is 107 Å². The quantitative estimate of drug-likeness (QED) is 0.512. The maximum absolute atomic E-state index is 11.0.